The van der Waals surface area contributed by atoms with E-state index < -0.39 is 0 Å². The molecule has 6 heteroatoms. The number of fused-ring (bicyclic) bond motifs is 14. The Morgan fingerprint density at radius 2 is 1.06 bits per heavy atom. The van der Waals surface area contributed by atoms with Crippen LogP contribution in [0, 0.1) is 18.5 Å². The summed E-state index contributed by atoms with van der Waals surface area (Å²) >= 11 is 0. The molecule has 13 rings (SSSR count). The third-order valence-electron chi connectivity index (χ3n) is 13.0. The maximum absolute atomic E-state index is 5.05. The quantitative estimate of drug-likeness (QED) is 0.128. The third kappa shape index (κ3) is 5.60. The monoisotopic (exact) mass is 1000 g/mol. The van der Waals surface area contributed by atoms with Crippen LogP contribution in [0.5, 0.6) is 0 Å². The molecule has 0 atom stereocenters. The Morgan fingerprint density at radius 1 is 0.484 bits per heavy atom. The van der Waals surface area contributed by atoms with Gasteiger partial charge in [0, 0.05) is 43.7 Å². The standard InChI is InChI=1S/C58H39N5.Pt/c1-58(2,3)37-30-31-59-56(32-37)62-50-25-12-11-22-44(50)49-34-48-43-21-10-8-19-41(43)40-18-7-9-20-42(40)46-23-15-24-47-45-29-28-39(33-53(45)63(57(46)47)55(48)35-54(49)62)61-36-60(38-16-5-4-6-17-38)51-26-13-14-27-52(51)61;/h4-32,34H,1-3H3;/q-2;. The largest absolute Gasteiger partial charge is 0.358 e. The van der Waals surface area contributed by atoms with Crippen LogP contribution >= 0.6 is 0 Å². The number of aromatic nitrogens is 5. The van der Waals surface area contributed by atoms with Crippen molar-refractivity contribution in [1.82, 2.24) is 18.5 Å². The molecule has 5 aromatic heterocycles. The van der Waals surface area contributed by atoms with E-state index in [1.165, 1.54) is 21.7 Å². The first-order valence-electron chi connectivity index (χ1n) is 21.6. The van der Waals surface area contributed by atoms with Crippen molar-refractivity contribution >= 4 is 92.5 Å². The molecule has 8 aromatic carbocycles. The predicted octanol–water partition coefficient (Wildman–Crippen LogP) is 13.7. The first kappa shape index (κ1) is 38.4. The molecule has 0 fully saturated rings. The van der Waals surface area contributed by atoms with E-state index >= 15 is 0 Å². The molecule has 0 aliphatic rings. The van der Waals surface area contributed by atoms with Crippen molar-refractivity contribution < 1.29 is 25.6 Å². The van der Waals surface area contributed by atoms with Crippen LogP contribution in [0.4, 0.5) is 0 Å². The van der Waals surface area contributed by atoms with E-state index in [0.29, 0.717) is 0 Å². The van der Waals surface area contributed by atoms with Crippen molar-refractivity contribution in [2.24, 2.45) is 0 Å². The van der Waals surface area contributed by atoms with E-state index in [2.05, 4.69) is 227 Å². The number of nitrogens with zero attached hydrogens (tertiary/aromatic N) is 5. The van der Waals surface area contributed by atoms with Crippen molar-refractivity contribution in [3.05, 3.63) is 206 Å². The molecule has 0 amide bonds. The summed E-state index contributed by atoms with van der Waals surface area (Å²) < 4.78 is 9.03. The number of hydrogen-bond acceptors (Lipinski definition) is 1. The molecule has 0 radical (unpaired) electrons. The predicted molar refractivity (Wildman–Crippen MR) is 259 cm³/mol. The van der Waals surface area contributed by atoms with Gasteiger partial charge in [-0.05, 0) is 73.9 Å². The molecule has 13 aromatic rings. The van der Waals surface area contributed by atoms with Gasteiger partial charge >= 0.3 is 0 Å². The second-order valence-electron chi connectivity index (χ2n) is 17.6. The molecular formula is C58H39N5Pt-2. The van der Waals surface area contributed by atoms with Gasteiger partial charge in [-0.1, -0.05) is 170 Å². The fourth-order valence-electron chi connectivity index (χ4n) is 10.0. The van der Waals surface area contributed by atoms with E-state index in [1.807, 2.05) is 12.3 Å². The van der Waals surface area contributed by atoms with E-state index in [-0.39, 0.29) is 26.5 Å². The molecule has 5 heterocycles. The minimum absolute atomic E-state index is 0. The summed E-state index contributed by atoms with van der Waals surface area (Å²) in [5.74, 6) is 0.874. The smallest absolute Gasteiger partial charge is 0.268 e. The van der Waals surface area contributed by atoms with Gasteiger partial charge in [-0.2, -0.15) is 18.2 Å². The van der Waals surface area contributed by atoms with Crippen LogP contribution in [0.25, 0.3) is 110 Å². The zero-order chi connectivity index (χ0) is 42.0. The summed E-state index contributed by atoms with van der Waals surface area (Å²) in [6, 6.07) is 71.5. The second-order valence-corrected chi connectivity index (χ2v) is 17.6. The SMILES string of the molecule is CC(C)(C)c1ccnc(-n2c3[c-]c4c(cc3c3ccccc32)c2ccccc2c2ccccc2c2cccc3c5ccc(-n6[c-][n+](-c7ccccc7)c7ccccc76)[c-]c5n4c23)c1.[Pt]. The van der Waals surface area contributed by atoms with Crippen LogP contribution < -0.4 is 4.57 Å². The van der Waals surface area contributed by atoms with Gasteiger partial charge in [-0.3, -0.25) is 4.57 Å². The zero-order valence-electron chi connectivity index (χ0n) is 35.4. The molecule has 308 valence electrons. The first-order valence-corrected chi connectivity index (χ1v) is 21.6. The topological polar surface area (TPSA) is 31.0 Å². The molecule has 64 heavy (non-hydrogen) atoms. The number of benzene rings is 8. The molecule has 0 N–H and O–H groups in total. The van der Waals surface area contributed by atoms with Gasteiger partial charge in [0.05, 0.1) is 16.7 Å². The number of imidazole rings is 1. The van der Waals surface area contributed by atoms with Crippen molar-refractivity contribution in [2.75, 3.05) is 0 Å². The van der Waals surface area contributed by atoms with Crippen LogP contribution in [0.2, 0.25) is 0 Å². The van der Waals surface area contributed by atoms with Gasteiger partial charge < -0.3 is 13.5 Å². The molecule has 0 bridgehead atoms. The summed E-state index contributed by atoms with van der Waals surface area (Å²) in [7, 11) is 0. The van der Waals surface area contributed by atoms with Crippen LogP contribution in [0.15, 0.2) is 182 Å². The molecule has 5 nitrogen and oxygen atoms in total. The number of pyridine rings is 1. The maximum Gasteiger partial charge on any atom is 0.268 e. The third-order valence-corrected chi connectivity index (χ3v) is 13.0. The molecule has 0 saturated carbocycles. The Morgan fingerprint density at radius 3 is 1.80 bits per heavy atom. The van der Waals surface area contributed by atoms with Crippen molar-refractivity contribution in [3.8, 4) is 17.2 Å². The Labute approximate surface area is 384 Å². The van der Waals surface area contributed by atoms with Crippen LogP contribution in [-0.2, 0) is 26.5 Å². The first-order chi connectivity index (χ1) is 30.9. The number of hydrogen-bond donors (Lipinski definition) is 0. The molecule has 0 aliphatic heterocycles. The van der Waals surface area contributed by atoms with E-state index in [0.717, 1.165) is 93.5 Å². The fourth-order valence-corrected chi connectivity index (χ4v) is 10.0. The van der Waals surface area contributed by atoms with Gasteiger partial charge in [0.1, 0.15) is 5.82 Å². The molecule has 0 spiro atoms. The van der Waals surface area contributed by atoms with Crippen LogP contribution in [0.1, 0.15) is 26.3 Å². The average molecular weight is 1000 g/mol. The minimum atomic E-state index is -0.0534. The maximum atomic E-state index is 5.05. The average Bonchev–Trinajstić information content (AvgIpc) is 3.99. The normalized spacial score (nSPS) is 12.2. The Kier molecular flexibility index (Phi) is 8.60. The van der Waals surface area contributed by atoms with Gasteiger partial charge in [0.2, 0.25) is 0 Å². The van der Waals surface area contributed by atoms with Crippen LogP contribution in [0.3, 0.4) is 0 Å². The van der Waals surface area contributed by atoms with Gasteiger partial charge in [-0.25, -0.2) is 4.98 Å². The number of rotatable bonds is 3. The Balaban J connectivity index is 0.00000433. The zero-order valence-corrected chi connectivity index (χ0v) is 37.6. The van der Waals surface area contributed by atoms with Crippen LogP contribution in [-0.4, -0.2) is 18.5 Å². The Bertz CT molecular complexity index is 4070. The molecular weight excluding hydrogens is 962 g/mol. The van der Waals surface area contributed by atoms with Crippen molar-refractivity contribution in [2.45, 2.75) is 26.2 Å². The van der Waals surface area contributed by atoms with Crippen molar-refractivity contribution in [1.29, 1.82) is 0 Å². The summed E-state index contributed by atoms with van der Waals surface area (Å²) in [6.45, 7) is 6.77. The number of para-hydroxylation sites is 5. The van der Waals surface area contributed by atoms with E-state index in [4.69, 9.17) is 4.98 Å². The fraction of sp³-hybridized carbons (Fsp3) is 0.0690. The summed E-state index contributed by atoms with van der Waals surface area (Å²) in [6.07, 6.45) is 5.66. The van der Waals surface area contributed by atoms with E-state index in [9.17, 15) is 0 Å². The van der Waals surface area contributed by atoms with E-state index in [1.54, 1.807) is 0 Å². The minimum Gasteiger partial charge on any atom is -0.358 e. The van der Waals surface area contributed by atoms with Gasteiger partial charge in [-0.15, -0.1) is 28.3 Å². The summed E-state index contributed by atoms with van der Waals surface area (Å²) in [5.41, 5.74) is 10.3. The molecule has 0 aliphatic carbocycles. The van der Waals surface area contributed by atoms with Gasteiger partial charge in [0.15, 0.2) is 0 Å². The summed E-state index contributed by atoms with van der Waals surface area (Å²) in [4.78, 5) is 5.05. The molecule has 0 saturated heterocycles. The molecule has 0 unspecified atom stereocenters. The van der Waals surface area contributed by atoms with Gasteiger partial charge in [0.25, 0.3) is 6.33 Å². The summed E-state index contributed by atoms with van der Waals surface area (Å²) in [5, 5.41) is 11.5. The van der Waals surface area contributed by atoms with Crippen molar-refractivity contribution in [3.63, 3.8) is 0 Å². The Hall–Kier alpha value is -7.33. The second kappa shape index (κ2) is 14.4.